The number of aryl methyl sites for hydroxylation is 3. The molecule has 0 aliphatic carbocycles. The zero-order chi connectivity index (χ0) is 31.4. The first-order chi connectivity index (χ1) is 21.2. The van der Waals surface area contributed by atoms with E-state index < -0.39 is 23.7 Å². The maximum Gasteiger partial charge on any atom is 0.350 e. The molecule has 1 unspecified atom stereocenters. The van der Waals surface area contributed by atoms with Gasteiger partial charge in [0.05, 0.1) is 17.3 Å². The van der Waals surface area contributed by atoms with Gasteiger partial charge in [0.15, 0.2) is 5.13 Å². The van der Waals surface area contributed by atoms with Gasteiger partial charge >= 0.3 is 11.9 Å². The number of ketones is 1. The number of aliphatic hydroxyl groups is 1. The highest BCUT2D eigenvalue weighted by molar-refractivity contribution is 7.17. The maximum atomic E-state index is 13.6. The number of thiazole rings is 1. The molecule has 4 aromatic rings. The smallest absolute Gasteiger partial charge is 0.350 e. The number of ether oxygens (including phenoxy) is 2. The van der Waals surface area contributed by atoms with Crippen molar-refractivity contribution in [3.63, 3.8) is 0 Å². The topological polar surface area (TPSA) is 106 Å². The Morgan fingerprint density at radius 2 is 1.77 bits per heavy atom. The number of carbonyl (C=O) groups is 3. The maximum absolute atomic E-state index is 13.6. The van der Waals surface area contributed by atoms with Crippen molar-refractivity contribution in [1.82, 2.24) is 4.98 Å². The molecule has 2 heterocycles. The van der Waals surface area contributed by atoms with Crippen LogP contribution in [-0.2, 0) is 27.4 Å². The van der Waals surface area contributed by atoms with Gasteiger partial charge in [-0.05, 0) is 60.7 Å². The van der Waals surface area contributed by atoms with Crippen LogP contribution in [0, 0.1) is 13.8 Å². The molecule has 1 amide bonds. The van der Waals surface area contributed by atoms with Crippen molar-refractivity contribution in [2.75, 3.05) is 11.5 Å². The molecule has 1 fully saturated rings. The minimum atomic E-state index is -0.974. The fourth-order valence-electron chi connectivity index (χ4n) is 5.01. The lowest BCUT2D eigenvalue weighted by molar-refractivity contribution is -0.132. The van der Waals surface area contributed by atoms with Crippen LogP contribution >= 0.6 is 11.3 Å². The number of aromatic nitrogens is 1. The predicted molar refractivity (Wildman–Crippen MR) is 170 cm³/mol. The molecule has 0 radical (unpaired) electrons. The zero-order valence-electron chi connectivity index (χ0n) is 24.7. The molecule has 1 aromatic heterocycles. The Bertz CT molecular complexity index is 1760. The Balaban J connectivity index is 1.56. The van der Waals surface area contributed by atoms with Crippen LogP contribution in [0.4, 0.5) is 5.13 Å². The van der Waals surface area contributed by atoms with Crippen molar-refractivity contribution in [2.24, 2.45) is 0 Å². The van der Waals surface area contributed by atoms with Crippen LogP contribution in [0.2, 0.25) is 0 Å². The average Bonchev–Trinajstić information content (AvgIpc) is 3.55. The monoisotopic (exact) mass is 608 g/mol. The Hall–Kier alpha value is -5.02. The van der Waals surface area contributed by atoms with Crippen LogP contribution in [0.5, 0.6) is 5.75 Å². The van der Waals surface area contributed by atoms with E-state index in [0.717, 1.165) is 34.4 Å². The molecule has 1 aliphatic heterocycles. The van der Waals surface area contributed by atoms with Gasteiger partial charge in [0.2, 0.25) is 0 Å². The van der Waals surface area contributed by atoms with Gasteiger partial charge in [-0.3, -0.25) is 14.5 Å². The van der Waals surface area contributed by atoms with Gasteiger partial charge in [-0.1, -0.05) is 85.5 Å². The summed E-state index contributed by atoms with van der Waals surface area (Å²) in [5.41, 5.74) is 4.12. The van der Waals surface area contributed by atoms with Gasteiger partial charge in [-0.2, -0.15) is 0 Å². The standard InChI is InChI=1S/C35H32N2O6S/c1-5-18-42-34(41)32-22(4)36-35(44-32)37-29(25-14-12-23(6-2)13-15-25)28(31(39)33(37)40)30(38)26-16-17-27(21(3)19-26)43-20-24-10-8-7-9-11-24/h5,7-17,19,29,38H,1,6,18,20H2,2-4H3. The molecular formula is C35H32N2O6S. The van der Waals surface area contributed by atoms with E-state index in [9.17, 15) is 19.5 Å². The van der Waals surface area contributed by atoms with Gasteiger partial charge in [-0.25, -0.2) is 9.78 Å². The number of rotatable bonds is 10. The predicted octanol–water partition coefficient (Wildman–Crippen LogP) is 6.87. The lowest BCUT2D eigenvalue weighted by atomic mass is 9.94. The highest BCUT2D eigenvalue weighted by Crippen LogP contribution is 2.44. The molecule has 1 saturated heterocycles. The number of aliphatic hydroxyl groups excluding tert-OH is 1. The molecule has 0 bridgehead atoms. The number of benzene rings is 3. The summed E-state index contributed by atoms with van der Waals surface area (Å²) < 4.78 is 11.2. The van der Waals surface area contributed by atoms with E-state index in [1.165, 1.54) is 11.0 Å². The fourth-order valence-corrected chi connectivity index (χ4v) is 5.99. The third-order valence-corrected chi connectivity index (χ3v) is 8.48. The van der Waals surface area contributed by atoms with Gasteiger partial charge in [0.1, 0.15) is 29.6 Å². The van der Waals surface area contributed by atoms with Crippen molar-refractivity contribution < 1.29 is 29.0 Å². The normalized spacial score (nSPS) is 15.8. The summed E-state index contributed by atoms with van der Waals surface area (Å²) in [7, 11) is 0. The summed E-state index contributed by atoms with van der Waals surface area (Å²) in [6.07, 6.45) is 2.26. The first kappa shape index (κ1) is 30.4. The second-order valence-electron chi connectivity index (χ2n) is 10.3. The number of anilines is 1. The molecule has 1 atom stereocenters. The summed E-state index contributed by atoms with van der Waals surface area (Å²) in [6, 6.07) is 21.4. The Labute approximate surface area is 259 Å². The van der Waals surface area contributed by atoms with E-state index in [4.69, 9.17) is 9.47 Å². The lowest BCUT2D eigenvalue weighted by Gasteiger charge is -2.23. The summed E-state index contributed by atoms with van der Waals surface area (Å²) in [5, 5.41) is 11.8. The van der Waals surface area contributed by atoms with Crippen LogP contribution in [0.1, 0.15) is 56.1 Å². The fraction of sp³-hybridized carbons (Fsp3) is 0.200. The molecule has 9 heteroatoms. The van der Waals surface area contributed by atoms with E-state index in [-0.39, 0.29) is 27.9 Å². The van der Waals surface area contributed by atoms with Crippen molar-refractivity contribution in [3.05, 3.63) is 129 Å². The van der Waals surface area contributed by atoms with E-state index in [1.54, 1.807) is 25.1 Å². The first-order valence-electron chi connectivity index (χ1n) is 14.2. The second kappa shape index (κ2) is 13.1. The molecule has 224 valence electrons. The first-order valence-corrected chi connectivity index (χ1v) is 15.0. The molecular weight excluding hydrogens is 576 g/mol. The van der Waals surface area contributed by atoms with Gasteiger partial charge in [0.25, 0.3) is 5.78 Å². The number of hydrogen-bond acceptors (Lipinski definition) is 8. The molecule has 44 heavy (non-hydrogen) atoms. The van der Waals surface area contributed by atoms with Crippen LogP contribution in [0.25, 0.3) is 5.76 Å². The number of Topliss-reactive ketones (excluding diaryl/α,β-unsaturated/α-hetero) is 1. The van der Waals surface area contributed by atoms with Crippen LogP contribution in [-0.4, -0.2) is 34.4 Å². The third-order valence-electron chi connectivity index (χ3n) is 7.34. The summed E-state index contributed by atoms with van der Waals surface area (Å²) >= 11 is 0.957. The van der Waals surface area contributed by atoms with Crippen molar-refractivity contribution in [2.45, 2.75) is 39.8 Å². The van der Waals surface area contributed by atoms with E-state index in [2.05, 4.69) is 11.6 Å². The number of carbonyl (C=O) groups excluding carboxylic acids is 3. The minimum absolute atomic E-state index is 0.0231. The van der Waals surface area contributed by atoms with Crippen molar-refractivity contribution in [1.29, 1.82) is 0 Å². The van der Waals surface area contributed by atoms with Crippen molar-refractivity contribution >= 4 is 39.9 Å². The Kier molecular flexibility index (Phi) is 9.06. The number of nitrogens with zero attached hydrogens (tertiary/aromatic N) is 2. The number of amides is 1. The van der Waals surface area contributed by atoms with Gasteiger partial charge in [0, 0.05) is 5.56 Å². The highest BCUT2D eigenvalue weighted by Gasteiger charge is 2.48. The van der Waals surface area contributed by atoms with E-state index >= 15 is 0 Å². The van der Waals surface area contributed by atoms with Crippen LogP contribution in [0.15, 0.2) is 91.0 Å². The van der Waals surface area contributed by atoms with E-state index in [1.807, 2.05) is 68.4 Å². The molecule has 1 aliphatic rings. The Morgan fingerprint density at radius 3 is 2.43 bits per heavy atom. The summed E-state index contributed by atoms with van der Waals surface area (Å²) in [4.78, 5) is 45.8. The summed E-state index contributed by atoms with van der Waals surface area (Å²) in [6.45, 7) is 9.47. The number of hydrogen-bond donors (Lipinski definition) is 1. The lowest BCUT2D eigenvalue weighted by Crippen LogP contribution is -2.29. The van der Waals surface area contributed by atoms with Gasteiger partial charge in [-0.15, -0.1) is 0 Å². The molecule has 5 rings (SSSR count). The molecule has 1 N–H and O–H groups in total. The molecule has 0 saturated carbocycles. The number of esters is 1. The SMILES string of the molecule is C=CCOC(=O)c1sc(N2C(=O)C(=O)C(=C(O)c3ccc(OCc4ccccc4)c(C)c3)C2c2ccc(CC)cc2)nc1C. The largest absolute Gasteiger partial charge is 0.507 e. The van der Waals surface area contributed by atoms with Crippen LogP contribution in [0.3, 0.4) is 0 Å². The van der Waals surface area contributed by atoms with Crippen molar-refractivity contribution in [3.8, 4) is 5.75 Å². The van der Waals surface area contributed by atoms with E-state index in [0.29, 0.717) is 29.2 Å². The Morgan fingerprint density at radius 1 is 1.05 bits per heavy atom. The van der Waals surface area contributed by atoms with Crippen LogP contribution < -0.4 is 9.64 Å². The van der Waals surface area contributed by atoms with Gasteiger partial charge < -0.3 is 14.6 Å². The molecule has 8 nitrogen and oxygen atoms in total. The molecule has 3 aromatic carbocycles. The third kappa shape index (κ3) is 6.05. The summed E-state index contributed by atoms with van der Waals surface area (Å²) in [5.74, 6) is -1.98. The average molecular weight is 609 g/mol. The minimum Gasteiger partial charge on any atom is -0.507 e. The second-order valence-corrected chi connectivity index (χ2v) is 11.3. The molecule has 0 spiro atoms. The zero-order valence-corrected chi connectivity index (χ0v) is 25.5. The quantitative estimate of drug-likeness (QED) is 0.0689. The highest BCUT2D eigenvalue weighted by atomic mass is 32.1.